The van der Waals surface area contributed by atoms with E-state index in [0.29, 0.717) is 22.1 Å². The summed E-state index contributed by atoms with van der Waals surface area (Å²) in [6.45, 7) is 2.00. The SMILES string of the molecule is CC(C#N)CNC(=O)c1cccc(Oc2cccc(Cl)c2C#N)c1. The molecule has 0 aliphatic rings. The van der Waals surface area contributed by atoms with Crippen LogP contribution in [0, 0.1) is 28.6 Å². The normalized spacial score (nSPS) is 11.0. The fourth-order valence-corrected chi connectivity index (χ4v) is 2.13. The minimum absolute atomic E-state index is 0.233. The monoisotopic (exact) mass is 339 g/mol. The smallest absolute Gasteiger partial charge is 0.251 e. The molecule has 0 bridgehead atoms. The van der Waals surface area contributed by atoms with Gasteiger partial charge in [-0.2, -0.15) is 10.5 Å². The molecule has 6 heteroatoms. The molecule has 2 aromatic carbocycles. The van der Waals surface area contributed by atoms with E-state index in [1.165, 1.54) is 0 Å². The first kappa shape index (κ1) is 17.3. The van der Waals surface area contributed by atoms with Gasteiger partial charge < -0.3 is 10.1 Å². The summed E-state index contributed by atoms with van der Waals surface area (Å²) in [5.41, 5.74) is 0.634. The third-order valence-electron chi connectivity index (χ3n) is 3.20. The summed E-state index contributed by atoms with van der Waals surface area (Å²) in [5.74, 6) is 0.169. The summed E-state index contributed by atoms with van der Waals surface area (Å²) in [6.07, 6.45) is 0. The van der Waals surface area contributed by atoms with E-state index in [1.54, 1.807) is 49.4 Å². The molecule has 2 rings (SSSR count). The van der Waals surface area contributed by atoms with Gasteiger partial charge in [-0.25, -0.2) is 0 Å². The summed E-state index contributed by atoms with van der Waals surface area (Å²) in [5, 5.41) is 20.9. The van der Waals surface area contributed by atoms with E-state index in [1.807, 2.05) is 6.07 Å². The van der Waals surface area contributed by atoms with Crippen LogP contribution in [0.3, 0.4) is 0 Å². The molecule has 0 aliphatic carbocycles. The predicted octanol–water partition coefficient (Wildman–Crippen LogP) is 3.89. The molecule has 0 fully saturated rings. The molecule has 0 saturated heterocycles. The highest BCUT2D eigenvalue weighted by Gasteiger charge is 2.11. The number of hydrogen-bond donors (Lipinski definition) is 1. The Bertz CT molecular complexity index is 837. The lowest BCUT2D eigenvalue weighted by Gasteiger charge is -2.10. The molecule has 1 N–H and O–H groups in total. The first-order valence-electron chi connectivity index (χ1n) is 7.19. The first-order chi connectivity index (χ1) is 11.5. The Balaban J connectivity index is 2.17. The molecule has 1 amide bonds. The molecular formula is C18H14ClN3O2. The maximum atomic E-state index is 12.1. The molecular weight excluding hydrogens is 326 g/mol. The number of carbonyl (C=O) groups excluding carboxylic acids is 1. The fraction of sp³-hybridized carbons (Fsp3) is 0.167. The zero-order chi connectivity index (χ0) is 17.5. The van der Waals surface area contributed by atoms with E-state index in [-0.39, 0.29) is 23.9 Å². The van der Waals surface area contributed by atoms with Crippen LogP contribution in [0.4, 0.5) is 0 Å². The molecule has 2 aromatic rings. The molecule has 0 radical (unpaired) electrons. The van der Waals surface area contributed by atoms with Crippen LogP contribution in [-0.4, -0.2) is 12.5 Å². The van der Waals surface area contributed by atoms with Crippen LogP contribution in [0.5, 0.6) is 11.5 Å². The maximum absolute atomic E-state index is 12.1. The van der Waals surface area contributed by atoms with Gasteiger partial charge in [-0.1, -0.05) is 23.7 Å². The molecule has 1 atom stereocenters. The van der Waals surface area contributed by atoms with Crippen LogP contribution >= 0.6 is 11.6 Å². The highest BCUT2D eigenvalue weighted by atomic mass is 35.5. The first-order valence-corrected chi connectivity index (χ1v) is 7.57. The lowest BCUT2D eigenvalue weighted by Crippen LogP contribution is -2.27. The number of nitrogens with one attached hydrogen (secondary N) is 1. The molecule has 0 aromatic heterocycles. The summed E-state index contributed by atoms with van der Waals surface area (Å²) < 4.78 is 5.68. The van der Waals surface area contributed by atoms with Crippen LogP contribution in [0.1, 0.15) is 22.8 Å². The Labute approximate surface area is 145 Å². The molecule has 0 heterocycles. The van der Waals surface area contributed by atoms with Gasteiger partial charge in [0, 0.05) is 12.1 Å². The van der Waals surface area contributed by atoms with Gasteiger partial charge in [-0.15, -0.1) is 0 Å². The molecule has 24 heavy (non-hydrogen) atoms. The van der Waals surface area contributed by atoms with Crippen molar-refractivity contribution in [2.75, 3.05) is 6.54 Å². The van der Waals surface area contributed by atoms with E-state index < -0.39 is 0 Å². The largest absolute Gasteiger partial charge is 0.456 e. The molecule has 0 aliphatic heterocycles. The number of nitriles is 2. The third-order valence-corrected chi connectivity index (χ3v) is 3.52. The average Bonchev–Trinajstić information content (AvgIpc) is 2.59. The van der Waals surface area contributed by atoms with Gasteiger partial charge in [0.05, 0.1) is 17.0 Å². The van der Waals surface area contributed by atoms with Gasteiger partial charge in [0.25, 0.3) is 5.91 Å². The van der Waals surface area contributed by atoms with Crippen LogP contribution in [-0.2, 0) is 0 Å². The average molecular weight is 340 g/mol. The van der Waals surface area contributed by atoms with Gasteiger partial charge in [0.15, 0.2) is 0 Å². The van der Waals surface area contributed by atoms with E-state index in [9.17, 15) is 4.79 Å². The van der Waals surface area contributed by atoms with Crippen molar-refractivity contribution in [1.82, 2.24) is 5.32 Å². The zero-order valence-electron chi connectivity index (χ0n) is 12.9. The van der Waals surface area contributed by atoms with E-state index in [4.69, 9.17) is 26.9 Å². The Morgan fingerprint density at radius 3 is 2.75 bits per heavy atom. The number of amides is 1. The van der Waals surface area contributed by atoms with E-state index in [2.05, 4.69) is 11.4 Å². The molecule has 0 spiro atoms. The van der Waals surface area contributed by atoms with Crippen molar-refractivity contribution in [1.29, 1.82) is 10.5 Å². The van der Waals surface area contributed by atoms with Crippen molar-refractivity contribution in [2.24, 2.45) is 5.92 Å². The number of halogens is 1. The van der Waals surface area contributed by atoms with Gasteiger partial charge in [0.2, 0.25) is 0 Å². The third kappa shape index (κ3) is 4.25. The van der Waals surface area contributed by atoms with Gasteiger partial charge in [-0.3, -0.25) is 4.79 Å². The summed E-state index contributed by atoms with van der Waals surface area (Å²) in [4.78, 5) is 12.1. The second-order valence-corrected chi connectivity index (χ2v) is 5.50. The van der Waals surface area contributed by atoms with E-state index >= 15 is 0 Å². The fourth-order valence-electron chi connectivity index (χ4n) is 1.92. The van der Waals surface area contributed by atoms with Crippen molar-refractivity contribution >= 4 is 17.5 Å². The quantitative estimate of drug-likeness (QED) is 0.895. The minimum atomic E-state index is -0.297. The second kappa shape index (κ2) is 8.01. The van der Waals surface area contributed by atoms with Gasteiger partial charge in [0.1, 0.15) is 23.1 Å². The molecule has 5 nitrogen and oxygen atoms in total. The maximum Gasteiger partial charge on any atom is 0.251 e. The second-order valence-electron chi connectivity index (χ2n) is 5.09. The Morgan fingerprint density at radius 1 is 1.29 bits per heavy atom. The van der Waals surface area contributed by atoms with Crippen molar-refractivity contribution in [2.45, 2.75) is 6.92 Å². The van der Waals surface area contributed by atoms with Crippen molar-refractivity contribution in [3.05, 3.63) is 58.6 Å². The Morgan fingerprint density at radius 2 is 2.04 bits per heavy atom. The van der Waals surface area contributed by atoms with Crippen LogP contribution < -0.4 is 10.1 Å². The zero-order valence-corrected chi connectivity index (χ0v) is 13.7. The van der Waals surface area contributed by atoms with Crippen LogP contribution in [0.2, 0.25) is 5.02 Å². The topological polar surface area (TPSA) is 85.9 Å². The number of nitrogens with zero attached hydrogens (tertiary/aromatic N) is 2. The Hall–Kier alpha value is -3.02. The summed E-state index contributed by atoms with van der Waals surface area (Å²) >= 11 is 5.97. The van der Waals surface area contributed by atoms with Crippen molar-refractivity contribution in [3.63, 3.8) is 0 Å². The molecule has 0 saturated carbocycles. The molecule has 1 unspecified atom stereocenters. The number of hydrogen-bond acceptors (Lipinski definition) is 4. The van der Waals surface area contributed by atoms with Crippen molar-refractivity contribution < 1.29 is 9.53 Å². The Kier molecular flexibility index (Phi) is 5.78. The van der Waals surface area contributed by atoms with Gasteiger partial charge >= 0.3 is 0 Å². The summed E-state index contributed by atoms with van der Waals surface area (Å²) in [7, 11) is 0. The molecule has 120 valence electrons. The highest BCUT2D eigenvalue weighted by molar-refractivity contribution is 6.31. The van der Waals surface area contributed by atoms with Crippen LogP contribution in [0.25, 0.3) is 0 Å². The number of rotatable bonds is 5. The number of benzene rings is 2. The predicted molar refractivity (Wildman–Crippen MR) is 89.8 cm³/mol. The number of carbonyl (C=O) groups is 1. The van der Waals surface area contributed by atoms with Crippen molar-refractivity contribution in [3.8, 4) is 23.6 Å². The minimum Gasteiger partial charge on any atom is -0.456 e. The lowest BCUT2D eigenvalue weighted by atomic mass is 10.1. The van der Waals surface area contributed by atoms with Crippen LogP contribution in [0.15, 0.2) is 42.5 Å². The summed E-state index contributed by atoms with van der Waals surface area (Å²) in [6, 6.07) is 15.5. The van der Waals surface area contributed by atoms with Gasteiger partial charge in [-0.05, 0) is 37.3 Å². The lowest BCUT2D eigenvalue weighted by molar-refractivity contribution is 0.0950. The van der Waals surface area contributed by atoms with E-state index in [0.717, 1.165) is 0 Å². The number of ether oxygens (including phenoxy) is 1. The highest BCUT2D eigenvalue weighted by Crippen LogP contribution is 2.30. The standard InChI is InChI=1S/C18H14ClN3O2/c1-12(9-20)11-22-18(23)13-4-2-5-14(8-13)24-17-7-3-6-16(19)15(17)10-21/h2-8,12H,11H2,1H3,(H,22,23).